The fourth-order valence-corrected chi connectivity index (χ4v) is 1.65. The summed E-state index contributed by atoms with van der Waals surface area (Å²) >= 11 is 5.80. The van der Waals surface area contributed by atoms with Gasteiger partial charge in [-0.15, -0.1) is 0 Å². The standard InChI is InChI=1S/C12H12ClN3O2/c1-2-16-11(14)7-10(15-16)12(17)18-9-5-3-4-8(13)6-9/h3-7H,2,14H2,1H3. The van der Waals surface area contributed by atoms with Crippen molar-refractivity contribution < 1.29 is 9.53 Å². The van der Waals surface area contributed by atoms with E-state index in [1.165, 1.54) is 10.7 Å². The minimum atomic E-state index is -0.559. The average Bonchev–Trinajstić information content (AvgIpc) is 2.70. The lowest BCUT2D eigenvalue weighted by atomic mass is 10.3. The Labute approximate surface area is 109 Å². The molecular weight excluding hydrogens is 254 g/mol. The molecule has 0 atom stereocenters. The topological polar surface area (TPSA) is 70.1 Å². The number of hydrogen-bond donors (Lipinski definition) is 1. The Balaban J connectivity index is 2.16. The highest BCUT2D eigenvalue weighted by atomic mass is 35.5. The molecule has 0 aliphatic carbocycles. The number of carbonyl (C=O) groups excluding carboxylic acids is 1. The van der Waals surface area contributed by atoms with E-state index in [1.807, 2.05) is 6.92 Å². The number of carbonyl (C=O) groups is 1. The normalized spacial score (nSPS) is 10.3. The van der Waals surface area contributed by atoms with E-state index in [0.717, 1.165) is 0 Å². The SMILES string of the molecule is CCn1nc(C(=O)Oc2cccc(Cl)c2)cc1N. The van der Waals surface area contributed by atoms with Crippen LogP contribution in [0.2, 0.25) is 5.02 Å². The fourth-order valence-electron chi connectivity index (χ4n) is 1.47. The van der Waals surface area contributed by atoms with Crippen LogP contribution in [0.5, 0.6) is 5.75 Å². The van der Waals surface area contributed by atoms with Gasteiger partial charge >= 0.3 is 5.97 Å². The van der Waals surface area contributed by atoms with Crippen molar-refractivity contribution in [3.63, 3.8) is 0 Å². The third-order valence-electron chi connectivity index (χ3n) is 2.33. The molecule has 18 heavy (non-hydrogen) atoms. The van der Waals surface area contributed by atoms with Crippen molar-refractivity contribution in [1.82, 2.24) is 9.78 Å². The van der Waals surface area contributed by atoms with Gasteiger partial charge in [-0.05, 0) is 25.1 Å². The summed E-state index contributed by atoms with van der Waals surface area (Å²) in [6.45, 7) is 2.48. The van der Waals surface area contributed by atoms with E-state index < -0.39 is 5.97 Å². The lowest BCUT2D eigenvalue weighted by molar-refractivity contribution is 0.0727. The third-order valence-corrected chi connectivity index (χ3v) is 2.56. The van der Waals surface area contributed by atoms with Crippen molar-refractivity contribution in [2.24, 2.45) is 0 Å². The molecule has 2 aromatic rings. The Kier molecular flexibility index (Phi) is 3.53. The van der Waals surface area contributed by atoms with Gasteiger partial charge in [-0.25, -0.2) is 9.48 Å². The molecule has 0 radical (unpaired) electrons. The van der Waals surface area contributed by atoms with Crippen LogP contribution in [0.4, 0.5) is 5.82 Å². The maximum atomic E-state index is 11.8. The van der Waals surface area contributed by atoms with Crippen LogP contribution in [0.15, 0.2) is 30.3 Å². The summed E-state index contributed by atoms with van der Waals surface area (Å²) in [5.41, 5.74) is 5.85. The van der Waals surface area contributed by atoms with Crippen molar-refractivity contribution in [1.29, 1.82) is 0 Å². The molecule has 0 saturated heterocycles. The first-order valence-electron chi connectivity index (χ1n) is 5.41. The van der Waals surface area contributed by atoms with Crippen molar-refractivity contribution >= 4 is 23.4 Å². The molecule has 1 aromatic heterocycles. The predicted octanol–water partition coefficient (Wildman–Crippen LogP) is 2.36. The summed E-state index contributed by atoms with van der Waals surface area (Å²) in [6, 6.07) is 8.08. The Morgan fingerprint density at radius 1 is 1.50 bits per heavy atom. The highest BCUT2D eigenvalue weighted by Gasteiger charge is 2.14. The number of rotatable bonds is 3. The van der Waals surface area contributed by atoms with Crippen LogP contribution in [0.1, 0.15) is 17.4 Å². The van der Waals surface area contributed by atoms with Gasteiger partial charge in [-0.3, -0.25) is 0 Å². The summed E-state index contributed by atoms with van der Waals surface area (Å²) in [5.74, 6) is 0.240. The number of aromatic nitrogens is 2. The van der Waals surface area contributed by atoms with Gasteiger partial charge in [0, 0.05) is 17.6 Å². The largest absolute Gasteiger partial charge is 0.422 e. The second kappa shape index (κ2) is 5.10. The van der Waals surface area contributed by atoms with Gasteiger partial charge in [-0.1, -0.05) is 17.7 Å². The van der Waals surface area contributed by atoms with Crippen molar-refractivity contribution in [3.8, 4) is 5.75 Å². The average molecular weight is 266 g/mol. The number of hydrogen-bond acceptors (Lipinski definition) is 4. The zero-order chi connectivity index (χ0) is 13.1. The van der Waals surface area contributed by atoms with Crippen molar-refractivity contribution in [3.05, 3.63) is 41.0 Å². The number of anilines is 1. The van der Waals surface area contributed by atoms with Crippen LogP contribution in [0.3, 0.4) is 0 Å². The lowest BCUT2D eigenvalue weighted by Crippen LogP contribution is -2.10. The lowest BCUT2D eigenvalue weighted by Gasteiger charge is -2.02. The second-order valence-corrected chi connectivity index (χ2v) is 4.05. The van der Waals surface area contributed by atoms with E-state index in [9.17, 15) is 4.79 Å². The zero-order valence-electron chi connectivity index (χ0n) is 9.76. The molecule has 0 bridgehead atoms. The van der Waals surface area contributed by atoms with Crippen LogP contribution in [0, 0.1) is 0 Å². The van der Waals surface area contributed by atoms with Gasteiger partial charge in [0.1, 0.15) is 11.6 Å². The Bertz CT molecular complexity index is 580. The number of esters is 1. The molecule has 0 spiro atoms. The molecule has 2 rings (SSSR count). The van der Waals surface area contributed by atoms with Crippen LogP contribution in [0.25, 0.3) is 0 Å². The maximum Gasteiger partial charge on any atom is 0.364 e. The second-order valence-electron chi connectivity index (χ2n) is 3.62. The van der Waals surface area contributed by atoms with Crippen LogP contribution >= 0.6 is 11.6 Å². The number of nitrogens with zero attached hydrogens (tertiary/aromatic N) is 2. The van der Waals surface area contributed by atoms with E-state index in [2.05, 4.69) is 5.10 Å². The number of nitrogen functional groups attached to an aromatic ring is 1. The number of halogens is 1. The van der Waals surface area contributed by atoms with E-state index in [-0.39, 0.29) is 5.69 Å². The first kappa shape index (κ1) is 12.4. The smallest absolute Gasteiger partial charge is 0.364 e. The summed E-state index contributed by atoms with van der Waals surface area (Å²) in [4.78, 5) is 11.8. The fraction of sp³-hybridized carbons (Fsp3) is 0.167. The number of benzene rings is 1. The van der Waals surface area contributed by atoms with Crippen LogP contribution in [-0.2, 0) is 6.54 Å². The molecule has 2 N–H and O–H groups in total. The molecule has 0 aliphatic rings. The molecule has 0 amide bonds. The summed E-state index contributed by atoms with van der Waals surface area (Å²) in [6.07, 6.45) is 0. The van der Waals surface area contributed by atoms with Gasteiger partial charge in [0.05, 0.1) is 0 Å². The van der Waals surface area contributed by atoms with Crippen LogP contribution in [-0.4, -0.2) is 15.7 Å². The predicted molar refractivity (Wildman–Crippen MR) is 68.7 cm³/mol. The summed E-state index contributed by atoms with van der Waals surface area (Å²) in [7, 11) is 0. The molecule has 5 nitrogen and oxygen atoms in total. The number of aryl methyl sites for hydroxylation is 1. The minimum absolute atomic E-state index is 0.175. The minimum Gasteiger partial charge on any atom is -0.422 e. The maximum absolute atomic E-state index is 11.8. The first-order valence-corrected chi connectivity index (χ1v) is 5.79. The van der Waals surface area contributed by atoms with E-state index in [4.69, 9.17) is 22.1 Å². The Hall–Kier alpha value is -2.01. The van der Waals surface area contributed by atoms with Gasteiger partial charge in [0.25, 0.3) is 0 Å². The van der Waals surface area contributed by atoms with E-state index in [0.29, 0.717) is 23.1 Å². The van der Waals surface area contributed by atoms with Gasteiger partial charge in [0.15, 0.2) is 5.69 Å². The molecule has 0 aliphatic heterocycles. The van der Waals surface area contributed by atoms with E-state index >= 15 is 0 Å². The van der Waals surface area contributed by atoms with Gasteiger partial charge in [0.2, 0.25) is 0 Å². The summed E-state index contributed by atoms with van der Waals surface area (Å²) < 4.78 is 6.66. The van der Waals surface area contributed by atoms with Crippen molar-refractivity contribution in [2.45, 2.75) is 13.5 Å². The highest BCUT2D eigenvalue weighted by molar-refractivity contribution is 6.30. The van der Waals surface area contributed by atoms with Crippen molar-refractivity contribution in [2.75, 3.05) is 5.73 Å². The Morgan fingerprint density at radius 3 is 2.89 bits per heavy atom. The molecule has 0 unspecified atom stereocenters. The summed E-state index contributed by atoms with van der Waals surface area (Å²) in [5, 5.41) is 4.53. The zero-order valence-corrected chi connectivity index (χ0v) is 10.5. The molecule has 6 heteroatoms. The number of nitrogens with two attached hydrogens (primary N) is 1. The monoisotopic (exact) mass is 265 g/mol. The Morgan fingerprint density at radius 2 is 2.28 bits per heavy atom. The van der Waals surface area contributed by atoms with Gasteiger partial charge in [-0.2, -0.15) is 5.10 Å². The third kappa shape index (κ3) is 2.62. The molecule has 94 valence electrons. The molecule has 0 saturated carbocycles. The first-order chi connectivity index (χ1) is 8.60. The van der Waals surface area contributed by atoms with E-state index in [1.54, 1.807) is 24.3 Å². The van der Waals surface area contributed by atoms with Gasteiger partial charge < -0.3 is 10.5 Å². The molecular formula is C12H12ClN3O2. The highest BCUT2D eigenvalue weighted by Crippen LogP contribution is 2.18. The molecule has 1 heterocycles. The number of ether oxygens (including phenoxy) is 1. The van der Waals surface area contributed by atoms with Crippen LogP contribution < -0.4 is 10.5 Å². The molecule has 1 aromatic carbocycles. The molecule has 0 fully saturated rings. The quantitative estimate of drug-likeness (QED) is 0.683.